The summed E-state index contributed by atoms with van der Waals surface area (Å²) in [4.78, 5) is 0. The van der Waals surface area contributed by atoms with Crippen LogP contribution in [-0.4, -0.2) is 56.2 Å². The fraction of sp³-hybridized carbons (Fsp3) is 1.00. The third-order valence-corrected chi connectivity index (χ3v) is 8.15. The molecule has 2 aliphatic heterocycles. The minimum atomic E-state index is -3.64. The zero-order valence-corrected chi connectivity index (χ0v) is 10.1. The lowest BCUT2D eigenvalue weighted by atomic mass is 10.6. The van der Waals surface area contributed by atoms with Gasteiger partial charge in [0.25, 0.3) is 0 Å². The molecule has 2 rings (SSSR count). The van der Waals surface area contributed by atoms with Gasteiger partial charge in [0, 0.05) is 26.2 Å². The fourth-order valence-electron chi connectivity index (χ4n) is 1.50. The molecule has 0 aromatic carbocycles. The summed E-state index contributed by atoms with van der Waals surface area (Å²) in [5.41, 5.74) is 0. The van der Waals surface area contributed by atoms with Crippen molar-refractivity contribution in [3.63, 3.8) is 0 Å². The first-order chi connectivity index (χ1) is 6.90. The third kappa shape index (κ3) is 1.91. The molecule has 2 heterocycles. The average molecular weight is 254 g/mol. The first kappa shape index (κ1) is 11.3. The van der Waals surface area contributed by atoms with Crippen LogP contribution in [0.4, 0.5) is 0 Å². The van der Waals surface area contributed by atoms with E-state index >= 15 is 0 Å². The maximum atomic E-state index is 11.8. The van der Waals surface area contributed by atoms with Gasteiger partial charge in [-0.05, 0) is 6.42 Å². The van der Waals surface area contributed by atoms with E-state index in [-0.39, 0.29) is 6.42 Å². The van der Waals surface area contributed by atoms with Gasteiger partial charge >= 0.3 is 0 Å². The van der Waals surface area contributed by atoms with Gasteiger partial charge in [-0.15, -0.1) is 0 Å². The van der Waals surface area contributed by atoms with Gasteiger partial charge in [0.05, 0.1) is 0 Å². The van der Waals surface area contributed by atoms with Gasteiger partial charge in [-0.25, -0.2) is 16.8 Å². The van der Waals surface area contributed by atoms with Crippen molar-refractivity contribution in [3.8, 4) is 0 Å². The molecule has 6 nitrogen and oxygen atoms in total. The van der Waals surface area contributed by atoms with Gasteiger partial charge in [-0.3, -0.25) is 0 Å². The van der Waals surface area contributed by atoms with E-state index in [9.17, 15) is 16.8 Å². The van der Waals surface area contributed by atoms with E-state index in [2.05, 4.69) is 0 Å². The monoisotopic (exact) mass is 254 g/mol. The Kier molecular flexibility index (Phi) is 2.57. The van der Waals surface area contributed by atoms with Crippen molar-refractivity contribution in [2.75, 3.05) is 26.2 Å². The van der Waals surface area contributed by atoms with Gasteiger partial charge in [0.15, 0.2) is 4.58 Å². The lowest BCUT2D eigenvalue weighted by molar-refractivity contribution is 0.534. The van der Waals surface area contributed by atoms with E-state index in [1.165, 1.54) is 8.61 Å². The van der Waals surface area contributed by atoms with Crippen LogP contribution in [0.25, 0.3) is 0 Å². The molecule has 8 heteroatoms. The van der Waals surface area contributed by atoms with Crippen LogP contribution in [-0.2, 0) is 20.0 Å². The molecule has 2 saturated heterocycles. The van der Waals surface area contributed by atoms with Gasteiger partial charge in [0.2, 0.25) is 20.0 Å². The second-order valence-electron chi connectivity index (χ2n) is 3.73. The molecular weight excluding hydrogens is 240 g/mol. The average Bonchev–Trinajstić information content (AvgIpc) is 2.98. The molecular formula is C7H14N2O4S2. The Morgan fingerprint density at radius 2 is 1.27 bits per heavy atom. The maximum Gasteiger partial charge on any atom is 0.232 e. The van der Waals surface area contributed by atoms with Crippen LogP contribution < -0.4 is 0 Å². The van der Waals surface area contributed by atoms with E-state index in [1.54, 1.807) is 6.92 Å². The molecule has 15 heavy (non-hydrogen) atoms. The van der Waals surface area contributed by atoms with E-state index in [0.29, 0.717) is 26.2 Å². The van der Waals surface area contributed by atoms with Gasteiger partial charge in [-0.2, -0.15) is 8.61 Å². The standard InChI is InChI=1S/C7H14N2O4S2/c1-2-7(14(10,11)8-3-4-8)15(12,13)9-5-6-9/h7H,2-6H2,1H3. The van der Waals surface area contributed by atoms with Crippen molar-refractivity contribution in [1.29, 1.82) is 0 Å². The van der Waals surface area contributed by atoms with Gasteiger partial charge in [-0.1, -0.05) is 6.92 Å². The lowest BCUT2D eigenvalue weighted by Gasteiger charge is -2.16. The predicted octanol–water partition coefficient (Wildman–Crippen LogP) is -0.987. The molecule has 0 N–H and O–H groups in total. The summed E-state index contributed by atoms with van der Waals surface area (Å²) in [6, 6.07) is 0. The van der Waals surface area contributed by atoms with Crippen molar-refractivity contribution in [2.45, 2.75) is 17.9 Å². The Labute approximate surface area is 90.0 Å². The smallest absolute Gasteiger partial charge is 0.211 e. The van der Waals surface area contributed by atoms with E-state index in [1.807, 2.05) is 0 Å². The number of nitrogens with zero attached hydrogens (tertiary/aromatic N) is 2. The van der Waals surface area contributed by atoms with Crippen LogP contribution in [0.5, 0.6) is 0 Å². The Morgan fingerprint density at radius 1 is 0.933 bits per heavy atom. The predicted molar refractivity (Wildman–Crippen MR) is 55.1 cm³/mol. The second-order valence-corrected chi connectivity index (χ2v) is 8.25. The summed E-state index contributed by atoms with van der Waals surface area (Å²) >= 11 is 0. The van der Waals surface area contributed by atoms with Crippen LogP contribution in [0, 0.1) is 0 Å². The molecule has 0 aromatic heterocycles. The first-order valence-electron chi connectivity index (χ1n) is 4.88. The Hall–Kier alpha value is -0.180. The molecule has 2 aliphatic rings. The molecule has 0 bridgehead atoms. The number of rotatable bonds is 5. The maximum absolute atomic E-state index is 11.8. The van der Waals surface area contributed by atoms with Crippen molar-refractivity contribution >= 4 is 20.0 Å². The summed E-state index contributed by atoms with van der Waals surface area (Å²) in [6.45, 7) is 3.40. The minimum absolute atomic E-state index is 0.109. The van der Waals surface area contributed by atoms with Crippen LogP contribution >= 0.6 is 0 Å². The SMILES string of the molecule is CCC(S(=O)(=O)N1CC1)S(=O)(=O)N1CC1. The zero-order chi connectivity index (χ0) is 11.3. The summed E-state index contributed by atoms with van der Waals surface area (Å²) < 4.78 is 48.4. The molecule has 0 spiro atoms. The highest BCUT2D eigenvalue weighted by atomic mass is 32.3. The summed E-state index contributed by atoms with van der Waals surface area (Å²) in [5.74, 6) is 0. The van der Waals surface area contributed by atoms with Gasteiger partial charge < -0.3 is 0 Å². The third-order valence-electron chi connectivity index (χ3n) is 2.53. The number of hydrogen-bond donors (Lipinski definition) is 0. The van der Waals surface area contributed by atoms with Crippen LogP contribution in [0.2, 0.25) is 0 Å². The van der Waals surface area contributed by atoms with Crippen LogP contribution in [0.3, 0.4) is 0 Å². The van der Waals surface area contributed by atoms with E-state index in [0.717, 1.165) is 0 Å². The highest BCUT2D eigenvalue weighted by molar-refractivity contribution is 8.07. The Morgan fingerprint density at radius 3 is 1.47 bits per heavy atom. The zero-order valence-electron chi connectivity index (χ0n) is 8.46. The lowest BCUT2D eigenvalue weighted by Crippen LogP contribution is -2.37. The van der Waals surface area contributed by atoms with Gasteiger partial charge in [0.1, 0.15) is 0 Å². The molecule has 88 valence electrons. The van der Waals surface area contributed by atoms with Crippen molar-refractivity contribution in [2.24, 2.45) is 0 Å². The molecule has 2 fully saturated rings. The first-order valence-corrected chi connectivity index (χ1v) is 7.89. The molecule has 0 unspecified atom stereocenters. The Balaban J connectivity index is 2.31. The quantitative estimate of drug-likeness (QED) is 0.591. The highest BCUT2D eigenvalue weighted by Gasteiger charge is 2.49. The highest BCUT2D eigenvalue weighted by Crippen LogP contribution is 2.28. The summed E-state index contributed by atoms with van der Waals surface area (Å²) in [7, 11) is -7.27. The van der Waals surface area contributed by atoms with Crippen molar-refractivity contribution < 1.29 is 16.8 Å². The Bertz CT molecular complexity index is 405. The van der Waals surface area contributed by atoms with Crippen molar-refractivity contribution in [3.05, 3.63) is 0 Å². The molecule has 0 aliphatic carbocycles. The number of hydrogen-bond acceptors (Lipinski definition) is 4. The number of sulfonamides is 2. The molecule has 0 radical (unpaired) electrons. The summed E-state index contributed by atoms with van der Waals surface area (Å²) in [5, 5.41) is 0. The molecule has 0 aromatic rings. The fourth-order valence-corrected chi connectivity index (χ4v) is 6.15. The van der Waals surface area contributed by atoms with Crippen LogP contribution in [0.15, 0.2) is 0 Å². The van der Waals surface area contributed by atoms with Crippen LogP contribution in [0.1, 0.15) is 13.3 Å². The van der Waals surface area contributed by atoms with E-state index in [4.69, 9.17) is 0 Å². The van der Waals surface area contributed by atoms with Crippen molar-refractivity contribution in [1.82, 2.24) is 8.61 Å². The molecule has 0 saturated carbocycles. The minimum Gasteiger partial charge on any atom is -0.211 e. The topological polar surface area (TPSA) is 74.3 Å². The molecule has 0 atom stereocenters. The largest absolute Gasteiger partial charge is 0.232 e. The van der Waals surface area contributed by atoms with E-state index < -0.39 is 24.6 Å². The summed E-state index contributed by atoms with van der Waals surface area (Å²) in [6.07, 6.45) is 0.109. The second kappa shape index (κ2) is 3.41. The normalized spacial score (nSPS) is 23.3. The molecule has 0 amide bonds.